The molecule has 0 atom stereocenters. The SMILES string of the molecule is CN(C)C(=O)c1sc(N2CCOC(C)(C)C2)cc1N. The molecule has 0 bridgehead atoms. The predicted octanol–water partition coefficient (Wildman–Crippen LogP) is 1.65. The first kappa shape index (κ1) is 14.1. The highest BCUT2D eigenvalue weighted by Gasteiger charge is 2.29. The van der Waals surface area contributed by atoms with Gasteiger partial charge in [0.05, 0.1) is 22.9 Å². The number of anilines is 2. The van der Waals surface area contributed by atoms with Gasteiger partial charge in [0.25, 0.3) is 5.91 Å². The summed E-state index contributed by atoms with van der Waals surface area (Å²) < 4.78 is 5.70. The van der Waals surface area contributed by atoms with Gasteiger partial charge in [-0.15, -0.1) is 11.3 Å². The van der Waals surface area contributed by atoms with Crippen molar-refractivity contribution in [2.45, 2.75) is 19.4 Å². The first-order chi connectivity index (χ1) is 8.80. The van der Waals surface area contributed by atoms with Crippen molar-refractivity contribution in [2.75, 3.05) is 44.4 Å². The highest BCUT2D eigenvalue weighted by atomic mass is 32.1. The lowest BCUT2D eigenvalue weighted by Gasteiger charge is -2.38. The standard InChI is InChI=1S/C13H21N3O2S/c1-13(2)8-16(5-6-18-13)10-7-9(14)11(19-10)12(17)15(3)4/h7H,5-6,8,14H2,1-4H3. The second kappa shape index (κ2) is 5.02. The molecule has 1 amide bonds. The molecule has 6 heteroatoms. The van der Waals surface area contributed by atoms with E-state index in [0.29, 0.717) is 17.2 Å². The molecule has 0 aromatic carbocycles. The monoisotopic (exact) mass is 283 g/mol. The Morgan fingerprint density at radius 2 is 2.21 bits per heavy atom. The quantitative estimate of drug-likeness (QED) is 0.896. The molecular weight excluding hydrogens is 262 g/mol. The van der Waals surface area contributed by atoms with E-state index in [0.717, 1.165) is 18.1 Å². The van der Waals surface area contributed by atoms with Crippen molar-refractivity contribution in [2.24, 2.45) is 0 Å². The molecule has 5 nitrogen and oxygen atoms in total. The third-order valence-electron chi connectivity index (χ3n) is 3.09. The lowest BCUT2D eigenvalue weighted by molar-refractivity contribution is -0.0275. The number of amides is 1. The maximum absolute atomic E-state index is 12.0. The van der Waals surface area contributed by atoms with Crippen LogP contribution in [-0.4, -0.2) is 50.2 Å². The number of carbonyl (C=O) groups excluding carboxylic acids is 1. The van der Waals surface area contributed by atoms with Gasteiger partial charge < -0.3 is 20.3 Å². The lowest BCUT2D eigenvalue weighted by atomic mass is 10.1. The highest BCUT2D eigenvalue weighted by molar-refractivity contribution is 7.18. The van der Waals surface area contributed by atoms with Crippen molar-refractivity contribution in [3.63, 3.8) is 0 Å². The summed E-state index contributed by atoms with van der Waals surface area (Å²) in [4.78, 5) is 16.4. The van der Waals surface area contributed by atoms with Crippen LogP contribution >= 0.6 is 11.3 Å². The van der Waals surface area contributed by atoms with Crippen molar-refractivity contribution in [3.8, 4) is 0 Å². The molecule has 0 spiro atoms. The summed E-state index contributed by atoms with van der Waals surface area (Å²) in [5.74, 6) is -0.0405. The second-order valence-corrected chi connectivity index (χ2v) is 6.63. The van der Waals surface area contributed by atoms with Gasteiger partial charge in [-0.25, -0.2) is 0 Å². The number of thiophene rings is 1. The Bertz CT molecular complexity index is 482. The van der Waals surface area contributed by atoms with Crippen molar-refractivity contribution < 1.29 is 9.53 Å². The normalized spacial score (nSPS) is 18.4. The van der Waals surface area contributed by atoms with Crippen LogP contribution < -0.4 is 10.6 Å². The molecule has 106 valence electrons. The van der Waals surface area contributed by atoms with Gasteiger partial charge in [-0.2, -0.15) is 0 Å². The second-order valence-electron chi connectivity index (χ2n) is 5.60. The highest BCUT2D eigenvalue weighted by Crippen LogP contribution is 2.34. The zero-order valence-electron chi connectivity index (χ0n) is 11.9. The van der Waals surface area contributed by atoms with Crippen LogP contribution in [-0.2, 0) is 4.74 Å². The molecule has 19 heavy (non-hydrogen) atoms. The first-order valence-corrected chi connectivity index (χ1v) is 7.12. The minimum Gasteiger partial charge on any atom is -0.397 e. The molecule has 0 radical (unpaired) electrons. The van der Waals surface area contributed by atoms with E-state index in [4.69, 9.17) is 10.5 Å². The first-order valence-electron chi connectivity index (χ1n) is 6.30. The Morgan fingerprint density at radius 1 is 1.53 bits per heavy atom. The number of hydrogen-bond acceptors (Lipinski definition) is 5. The van der Waals surface area contributed by atoms with E-state index in [9.17, 15) is 4.79 Å². The van der Waals surface area contributed by atoms with Crippen LogP contribution in [0.1, 0.15) is 23.5 Å². The van der Waals surface area contributed by atoms with E-state index >= 15 is 0 Å². The third-order valence-corrected chi connectivity index (χ3v) is 4.29. The Hall–Kier alpha value is -1.27. The van der Waals surface area contributed by atoms with Crippen molar-refractivity contribution >= 4 is 27.9 Å². The van der Waals surface area contributed by atoms with Crippen molar-refractivity contribution in [1.82, 2.24) is 4.90 Å². The number of morpholine rings is 1. The number of hydrogen-bond donors (Lipinski definition) is 1. The number of nitrogens with two attached hydrogens (primary N) is 1. The van der Waals surface area contributed by atoms with Gasteiger partial charge in [-0.3, -0.25) is 4.79 Å². The summed E-state index contributed by atoms with van der Waals surface area (Å²) in [6.07, 6.45) is 0. The fraction of sp³-hybridized carbons (Fsp3) is 0.615. The Balaban J connectivity index is 2.22. The maximum atomic E-state index is 12.0. The molecule has 2 N–H and O–H groups in total. The zero-order valence-corrected chi connectivity index (χ0v) is 12.7. The topological polar surface area (TPSA) is 58.8 Å². The number of nitrogen functional groups attached to an aromatic ring is 1. The molecule has 1 aromatic heterocycles. The van der Waals surface area contributed by atoms with Gasteiger partial charge in [-0.1, -0.05) is 0 Å². The van der Waals surface area contributed by atoms with Crippen LogP contribution in [0.15, 0.2) is 6.07 Å². The largest absolute Gasteiger partial charge is 0.397 e. The number of nitrogens with zero attached hydrogens (tertiary/aromatic N) is 2. The predicted molar refractivity (Wildman–Crippen MR) is 79.0 cm³/mol. The fourth-order valence-electron chi connectivity index (χ4n) is 2.12. The molecule has 1 aliphatic rings. The summed E-state index contributed by atoms with van der Waals surface area (Å²) >= 11 is 1.46. The van der Waals surface area contributed by atoms with E-state index in [2.05, 4.69) is 18.7 Å². The minimum absolute atomic E-state index is 0.0405. The molecule has 2 rings (SSSR count). The van der Waals surface area contributed by atoms with Crippen LogP contribution in [0.25, 0.3) is 0 Å². The van der Waals surface area contributed by atoms with Crippen LogP contribution in [0.3, 0.4) is 0 Å². The number of ether oxygens (including phenoxy) is 1. The van der Waals surface area contributed by atoms with E-state index in [1.54, 1.807) is 19.0 Å². The molecule has 1 saturated heterocycles. The smallest absolute Gasteiger partial charge is 0.265 e. The van der Waals surface area contributed by atoms with Gasteiger partial charge in [0.2, 0.25) is 0 Å². The fourth-order valence-corrected chi connectivity index (χ4v) is 3.25. The van der Waals surface area contributed by atoms with Gasteiger partial charge in [0.15, 0.2) is 0 Å². The lowest BCUT2D eigenvalue weighted by Crippen LogP contribution is -2.48. The van der Waals surface area contributed by atoms with Crippen LogP contribution in [0.2, 0.25) is 0 Å². The summed E-state index contributed by atoms with van der Waals surface area (Å²) in [7, 11) is 3.47. The zero-order chi connectivity index (χ0) is 14.2. The molecule has 1 aromatic rings. The number of rotatable bonds is 2. The average molecular weight is 283 g/mol. The van der Waals surface area contributed by atoms with Crippen LogP contribution in [0.5, 0.6) is 0 Å². The van der Waals surface area contributed by atoms with E-state index in [1.807, 2.05) is 6.07 Å². The minimum atomic E-state index is -0.164. The maximum Gasteiger partial charge on any atom is 0.265 e. The summed E-state index contributed by atoms with van der Waals surface area (Å²) in [6.45, 7) is 6.48. The van der Waals surface area contributed by atoms with Crippen LogP contribution in [0, 0.1) is 0 Å². The van der Waals surface area contributed by atoms with E-state index in [-0.39, 0.29) is 11.5 Å². The molecule has 1 fully saturated rings. The third kappa shape index (κ3) is 3.01. The van der Waals surface area contributed by atoms with Gasteiger partial charge in [-0.05, 0) is 19.9 Å². The molecule has 0 saturated carbocycles. The summed E-state index contributed by atoms with van der Waals surface area (Å²) in [5.41, 5.74) is 6.35. The average Bonchev–Trinajstić information content (AvgIpc) is 2.69. The van der Waals surface area contributed by atoms with Gasteiger partial charge in [0, 0.05) is 27.2 Å². The Kier molecular flexibility index (Phi) is 3.73. The van der Waals surface area contributed by atoms with Gasteiger partial charge in [0.1, 0.15) is 4.88 Å². The molecule has 1 aliphatic heterocycles. The van der Waals surface area contributed by atoms with Crippen molar-refractivity contribution in [3.05, 3.63) is 10.9 Å². The van der Waals surface area contributed by atoms with Crippen molar-refractivity contribution in [1.29, 1.82) is 0 Å². The summed E-state index contributed by atoms with van der Waals surface area (Å²) in [6, 6.07) is 1.89. The molecular formula is C13H21N3O2S. The molecule has 2 heterocycles. The van der Waals surface area contributed by atoms with E-state index in [1.165, 1.54) is 11.3 Å². The van der Waals surface area contributed by atoms with Crippen LogP contribution in [0.4, 0.5) is 10.7 Å². The summed E-state index contributed by atoms with van der Waals surface area (Å²) in [5, 5.41) is 1.04. The number of carbonyl (C=O) groups is 1. The Labute approximate surface area is 117 Å². The molecule has 0 aliphatic carbocycles. The Morgan fingerprint density at radius 3 is 2.79 bits per heavy atom. The molecule has 0 unspecified atom stereocenters. The van der Waals surface area contributed by atoms with E-state index < -0.39 is 0 Å². The van der Waals surface area contributed by atoms with Gasteiger partial charge >= 0.3 is 0 Å².